The molecule has 0 aromatic rings. The van der Waals surface area contributed by atoms with Crippen molar-refractivity contribution in [2.45, 2.75) is 70.8 Å². The monoisotopic (exact) mass is 221 g/mol. The second kappa shape index (κ2) is 4.33. The van der Waals surface area contributed by atoms with Crippen molar-refractivity contribution in [1.82, 2.24) is 5.32 Å². The Kier molecular flexibility index (Phi) is 2.99. The highest BCUT2D eigenvalue weighted by atomic mass is 14.9. The zero-order valence-corrected chi connectivity index (χ0v) is 10.8. The molecular formula is C15H27N. The number of hydrogen-bond donors (Lipinski definition) is 1. The molecule has 1 atom stereocenters. The van der Waals surface area contributed by atoms with Crippen LogP contribution in [0.25, 0.3) is 0 Å². The highest BCUT2D eigenvalue weighted by Gasteiger charge is 2.53. The van der Waals surface area contributed by atoms with E-state index in [1.165, 1.54) is 64.3 Å². The van der Waals surface area contributed by atoms with Crippen LogP contribution in [0.2, 0.25) is 0 Å². The van der Waals surface area contributed by atoms with Gasteiger partial charge in [-0.15, -0.1) is 0 Å². The lowest BCUT2D eigenvalue weighted by Crippen LogP contribution is -2.38. The largest absolute Gasteiger partial charge is 0.313 e. The summed E-state index contributed by atoms with van der Waals surface area (Å²) in [5.74, 6) is 2.09. The Balaban J connectivity index is 1.43. The minimum atomic E-state index is 0.775. The van der Waals surface area contributed by atoms with Crippen LogP contribution in [0.1, 0.15) is 64.7 Å². The van der Waals surface area contributed by atoms with E-state index in [1.54, 1.807) is 0 Å². The lowest BCUT2D eigenvalue weighted by Gasteiger charge is -2.30. The lowest BCUT2D eigenvalue weighted by molar-refractivity contribution is 0.262. The molecule has 0 spiro atoms. The van der Waals surface area contributed by atoms with Crippen molar-refractivity contribution < 1.29 is 0 Å². The quantitative estimate of drug-likeness (QED) is 0.746. The second-order valence-electron chi connectivity index (χ2n) is 6.70. The van der Waals surface area contributed by atoms with Gasteiger partial charge in [0.05, 0.1) is 0 Å². The average molecular weight is 221 g/mol. The topological polar surface area (TPSA) is 12.0 Å². The van der Waals surface area contributed by atoms with E-state index in [9.17, 15) is 0 Å². The number of rotatable bonds is 5. The first kappa shape index (κ1) is 11.1. The minimum Gasteiger partial charge on any atom is -0.313 e. The number of nitrogens with one attached hydrogen (secondary N) is 1. The fraction of sp³-hybridized carbons (Fsp3) is 1.00. The molecule has 0 saturated heterocycles. The van der Waals surface area contributed by atoms with Gasteiger partial charge in [0.25, 0.3) is 0 Å². The van der Waals surface area contributed by atoms with Gasteiger partial charge in [-0.3, -0.25) is 0 Å². The van der Waals surface area contributed by atoms with Crippen LogP contribution in [0.15, 0.2) is 0 Å². The summed E-state index contributed by atoms with van der Waals surface area (Å²) in [6.45, 7) is 3.76. The summed E-state index contributed by atoms with van der Waals surface area (Å²) in [5.41, 5.74) is 0.781. The van der Waals surface area contributed by atoms with Gasteiger partial charge in [-0.05, 0) is 62.7 Å². The maximum absolute atomic E-state index is 3.88. The van der Waals surface area contributed by atoms with Gasteiger partial charge in [-0.1, -0.05) is 19.3 Å². The molecule has 1 unspecified atom stereocenters. The van der Waals surface area contributed by atoms with Crippen molar-refractivity contribution in [2.75, 3.05) is 6.54 Å². The van der Waals surface area contributed by atoms with E-state index in [-0.39, 0.29) is 0 Å². The van der Waals surface area contributed by atoms with E-state index in [0.717, 1.165) is 23.3 Å². The van der Waals surface area contributed by atoms with Crippen molar-refractivity contribution in [3.05, 3.63) is 0 Å². The van der Waals surface area contributed by atoms with E-state index in [0.29, 0.717) is 0 Å². The molecule has 1 N–H and O–H groups in total. The summed E-state index contributed by atoms with van der Waals surface area (Å²) < 4.78 is 0. The molecule has 0 aromatic carbocycles. The molecule has 0 bridgehead atoms. The Morgan fingerprint density at radius 1 is 1.06 bits per heavy atom. The maximum Gasteiger partial charge on any atom is 0.00672 e. The van der Waals surface area contributed by atoms with Gasteiger partial charge < -0.3 is 5.32 Å². The zero-order chi connectivity index (χ0) is 11.0. The molecule has 0 amide bonds. The Morgan fingerprint density at radius 2 is 1.75 bits per heavy atom. The van der Waals surface area contributed by atoms with Crippen LogP contribution in [-0.4, -0.2) is 12.6 Å². The molecule has 0 aromatic heterocycles. The Morgan fingerprint density at radius 3 is 2.31 bits per heavy atom. The van der Waals surface area contributed by atoms with Gasteiger partial charge >= 0.3 is 0 Å². The van der Waals surface area contributed by atoms with Gasteiger partial charge in [0.15, 0.2) is 0 Å². The lowest BCUT2D eigenvalue weighted by atomic mass is 9.84. The molecule has 0 radical (unpaired) electrons. The molecule has 3 saturated carbocycles. The van der Waals surface area contributed by atoms with Gasteiger partial charge in [0.2, 0.25) is 0 Å². The molecule has 1 nitrogen and oxygen atoms in total. The Bertz CT molecular complexity index is 234. The summed E-state index contributed by atoms with van der Waals surface area (Å²) in [6.07, 6.45) is 13.5. The minimum absolute atomic E-state index is 0.775. The van der Waals surface area contributed by atoms with Crippen LogP contribution in [-0.2, 0) is 0 Å². The predicted molar refractivity (Wildman–Crippen MR) is 68.4 cm³/mol. The Hall–Kier alpha value is -0.0400. The first-order chi connectivity index (χ1) is 7.80. The van der Waals surface area contributed by atoms with E-state index in [1.807, 2.05) is 0 Å². The summed E-state index contributed by atoms with van der Waals surface area (Å²) >= 11 is 0. The molecule has 92 valence electrons. The third-order valence-corrected chi connectivity index (χ3v) is 5.47. The van der Waals surface area contributed by atoms with Crippen molar-refractivity contribution >= 4 is 0 Å². The smallest absolute Gasteiger partial charge is 0.00672 e. The van der Waals surface area contributed by atoms with Crippen LogP contribution in [0.4, 0.5) is 0 Å². The summed E-state index contributed by atoms with van der Waals surface area (Å²) in [7, 11) is 0. The molecule has 3 aliphatic carbocycles. The van der Waals surface area contributed by atoms with Gasteiger partial charge in [0, 0.05) is 12.6 Å². The summed E-state index contributed by atoms with van der Waals surface area (Å²) in [5, 5.41) is 3.88. The van der Waals surface area contributed by atoms with E-state index in [2.05, 4.69) is 12.2 Å². The third kappa shape index (κ3) is 2.30. The van der Waals surface area contributed by atoms with Crippen LogP contribution >= 0.6 is 0 Å². The van der Waals surface area contributed by atoms with E-state index >= 15 is 0 Å². The van der Waals surface area contributed by atoms with Gasteiger partial charge in [0.1, 0.15) is 0 Å². The molecule has 3 aliphatic rings. The SMILES string of the molecule is CC(NCC1(C2CC2)CC1)C1CCCCC1. The van der Waals surface area contributed by atoms with Crippen LogP contribution in [0, 0.1) is 17.3 Å². The molecule has 3 fully saturated rings. The first-order valence-electron chi connectivity index (χ1n) is 7.54. The van der Waals surface area contributed by atoms with Crippen LogP contribution < -0.4 is 5.32 Å². The number of hydrogen-bond acceptors (Lipinski definition) is 1. The summed E-state index contributed by atoms with van der Waals surface area (Å²) in [4.78, 5) is 0. The van der Waals surface area contributed by atoms with E-state index in [4.69, 9.17) is 0 Å². The van der Waals surface area contributed by atoms with Crippen molar-refractivity contribution in [3.8, 4) is 0 Å². The molecular weight excluding hydrogens is 194 g/mol. The second-order valence-corrected chi connectivity index (χ2v) is 6.70. The molecule has 16 heavy (non-hydrogen) atoms. The normalized spacial score (nSPS) is 31.3. The maximum atomic E-state index is 3.88. The van der Waals surface area contributed by atoms with Gasteiger partial charge in [-0.25, -0.2) is 0 Å². The third-order valence-electron chi connectivity index (χ3n) is 5.47. The standard InChI is InChI=1S/C15H27N/c1-12(13-5-3-2-4-6-13)16-11-15(9-10-15)14-7-8-14/h12-14,16H,2-11H2,1H3. The predicted octanol–water partition coefficient (Wildman–Crippen LogP) is 3.74. The summed E-state index contributed by atoms with van der Waals surface area (Å²) in [6, 6.07) is 0.775. The Labute approximate surface area is 100 Å². The van der Waals surface area contributed by atoms with E-state index < -0.39 is 0 Å². The molecule has 0 heterocycles. The highest BCUT2D eigenvalue weighted by molar-refractivity contribution is 5.05. The first-order valence-corrected chi connectivity index (χ1v) is 7.54. The fourth-order valence-electron chi connectivity index (χ4n) is 3.75. The van der Waals surface area contributed by atoms with Crippen LogP contribution in [0.3, 0.4) is 0 Å². The molecule has 3 rings (SSSR count). The molecule has 1 heteroatoms. The van der Waals surface area contributed by atoms with Gasteiger partial charge in [-0.2, -0.15) is 0 Å². The van der Waals surface area contributed by atoms with Crippen molar-refractivity contribution in [3.63, 3.8) is 0 Å². The molecule has 0 aliphatic heterocycles. The fourth-order valence-corrected chi connectivity index (χ4v) is 3.75. The zero-order valence-electron chi connectivity index (χ0n) is 10.8. The average Bonchev–Trinajstić information content (AvgIpc) is 3.17. The van der Waals surface area contributed by atoms with Crippen molar-refractivity contribution in [2.24, 2.45) is 17.3 Å². The highest BCUT2D eigenvalue weighted by Crippen LogP contribution is 2.60. The van der Waals surface area contributed by atoms with Crippen molar-refractivity contribution in [1.29, 1.82) is 0 Å². The van der Waals surface area contributed by atoms with Crippen LogP contribution in [0.5, 0.6) is 0 Å².